The van der Waals surface area contributed by atoms with Crippen molar-refractivity contribution in [2.24, 2.45) is 17.8 Å². The molecule has 33 heavy (non-hydrogen) atoms. The minimum absolute atomic E-state index is 0.0113. The number of fused-ring (bicyclic) bond motifs is 2. The maximum absolute atomic E-state index is 15.1. The number of benzene rings is 1. The number of piperidine rings is 1. The third kappa shape index (κ3) is 4.17. The minimum atomic E-state index is -4.61. The van der Waals surface area contributed by atoms with E-state index < -0.39 is 40.6 Å². The summed E-state index contributed by atoms with van der Waals surface area (Å²) in [6.45, 7) is 0.806. The van der Waals surface area contributed by atoms with Gasteiger partial charge in [-0.2, -0.15) is 32.8 Å². The van der Waals surface area contributed by atoms with Crippen molar-refractivity contribution >= 4 is 23.2 Å². The molecule has 3 aromatic rings. The number of halogens is 6. The molecule has 2 fully saturated rings. The Kier molecular flexibility index (Phi) is 5.31. The van der Waals surface area contributed by atoms with Crippen molar-refractivity contribution in [3.05, 3.63) is 35.2 Å². The Morgan fingerprint density at radius 3 is 2.45 bits per heavy atom. The van der Waals surface area contributed by atoms with E-state index in [-0.39, 0.29) is 17.3 Å². The third-order valence-electron chi connectivity index (χ3n) is 6.10. The summed E-state index contributed by atoms with van der Waals surface area (Å²) < 4.78 is 75.2. The normalized spacial score (nSPS) is 22.6. The number of anilines is 1. The summed E-state index contributed by atoms with van der Waals surface area (Å²) >= 11 is 6.13. The van der Waals surface area contributed by atoms with Crippen LogP contribution in [0.5, 0.6) is 5.75 Å². The van der Waals surface area contributed by atoms with Crippen LogP contribution in [0.1, 0.15) is 0 Å². The summed E-state index contributed by atoms with van der Waals surface area (Å²) in [5.41, 5.74) is -1.05. The van der Waals surface area contributed by atoms with Gasteiger partial charge in [0, 0.05) is 31.1 Å². The average Bonchev–Trinajstić information content (AvgIpc) is 3.05. The molecule has 1 saturated heterocycles. The van der Waals surface area contributed by atoms with E-state index in [2.05, 4.69) is 25.3 Å². The Morgan fingerprint density at radius 2 is 1.82 bits per heavy atom. The number of hydrogen-bond donors (Lipinski definition) is 1. The maximum Gasteiger partial charge on any atom is 0.405 e. The predicted octanol–water partition coefficient (Wildman–Crippen LogP) is 3.88. The molecule has 3 atom stereocenters. The molecule has 0 bridgehead atoms. The fourth-order valence-corrected chi connectivity index (χ4v) is 4.82. The number of rotatable bonds is 6. The van der Waals surface area contributed by atoms with Gasteiger partial charge in [-0.15, -0.1) is 0 Å². The van der Waals surface area contributed by atoms with Crippen molar-refractivity contribution in [1.82, 2.24) is 24.5 Å². The molecule has 5 rings (SSSR count). The molecule has 2 aliphatic rings. The highest BCUT2D eigenvalue weighted by Crippen LogP contribution is 2.51. The second-order valence-electron chi connectivity index (χ2n) is 8.35. The van der Waals surface area contributed by atoms with Crippen LogP contribution in [0.3, 0.4) is 0 Å². The summed E-state index contributed by atoms with van der Waals surface area (Å²) in [6, 6.07) is 1.97. The van der Waals surface area contributed by atoms with Gasteiger partial charge in [-0.25, -0.2) is 8.78 Å². The van der Waals surface area contributed by atoms with Crippen molar-refractivity contribution in [3.8, 4) is 16.9 Å². The summed E-state index contributed by atoms with van der Waals surface area (Å²) in [6.07, 6.45) is -3.57. The van der Waals surface area contributed by atoms with E-state index in [1.807, 2.05) is 7.05 Å². The third-order valence-corrected chi connectivity index (χ3v) is 6.37. The second-order valence-corrected chi connectivity index (χ2v) is 8.71. The van der Waals surface area contributed by atoms with Gasteiger partial charge in [-0.05, 0) is 18.9 Å². The maximum atomic E-state index is 15.1. The molecule has 1 aliphatic heterocycles. The van der Waals surface area contributed by atoms with Crippen LogP contribution in [0, 0.1) is 29.4 Å². The van der Waals surface area contributed by atoms with Crippen LogP contribution in [0.15, 0.2) is 18.5 Å². The molecule has 1 N–H and O–H groups in total. The number of aromatic nitrogens is 4. The lowest BCUT2D eigenvalue weighted by Crippen LogP contribution is -2.23. The van der Waals surface area contributed by atoms with E-state index in [0.717, 1.165) is 36.1 Å². The van der Waals surface area contributed by atoms with Crippen molar-refractivity contribution in [3.63, 3.8) is 0 Å². The highest BCUT2D eigenvalue weighted by Gasteiger charge is 2.54. The van der Waals surface area contributed by atoms with Crippen molar-refractivity contribution in [1.29, 1.82) is 0 Å². The SMILES string of the molecule is CN1C[C@@H]2C(COc3cc(F)c(-c4c(Cl)nc5ncnn5c4NCC(F)(F)F)c(F)c3)[C@@H]2C1. The van der Waals surface area contributed by atoms with Gasteiger partial charge >= 0.3 is 6.18 Å². The van der Waals surface area contributed by atoms with Crippen LogP contribution < -0.4 is 10.1 Å². The number of nitrogens with one attached hydrogen (secondary N) is 1. The quantitative estimate of drug-likeness (QED) is 0.419. The lowest BCUT2D eigenvalue weighted by molar-refractivity contribution is -0.115. The van der Waals surface area contributed by atoms with Gasteiger partial charge in [0.05, 0.1) is 17.7 Å². The Bertz CT molecular complexity index is 1180. The highest BCUT2D eigenvalue weighted by molar-refractivity contribution is 6.33. The number of alkyl halides is 3. The molecule has 0 amide bonds. The lowest BCUT2D eigenvalue weighted by Gasteiger charge is -2.17. The van der Waals surface area contributed by atoms with Crippen LogP contribution >= 0.6 is 11.6 Å². The van der Waals surface area contributed by atoms with Crippen LogP contribution in [-0.4, -0.2) is 63.9 Å². The number of likely N-dealkylation sites (tertiary alicyclic amines) is 1. The molecule has 1 unspecified atom stereocenters. The molecule has 7 nitrogen and oxygen atoms in total. The van der Waals surface area contributed by atoms with Crippen molar-refractivity contribution in [2.75, 3.05) is 38.6 Å². The minimum Gasteiger partial charge on any atom is -0.493 e. The van der Waals surface area contributed by atoms with Gasteiger partial charge in [0.15, 0.2) is 0 Å². The number of nitrogens with zero attached hydrogens (tertiary/aromatic N) is 5. The van der Waals surface area contributed by atoms with Crippen LogP contribution in [0.25, 0.3) is 16.9 Å². The van der Waals surface area contributed by atoms with E-state index in [0.29, 0.717) is 24.4 Å². The van der Waals surface area contributed by atoms with Crippen LogP contribution in [0.4, 0.5) is 27.8 Å². The van der Waals surface area contributed by atoms with Gasteiger partial charge in [0.2, 0.25) is 0 Å². The first kappa shape index (κ1) is 22.1. The molecule has 0 radical (unpaired) electrons. The molecule has 1 aliphatic carbocycles. The first-order chi connectivity index (χ1) is 15.6. The molecule has 1 aromatic carbocycles. The standard InChI is InChI=1S/C20H18ClF5N6O/c1-31-4-10-11(5-31)12(10)6-33-9-2-13(22)15(14(23)3-9)16-17(21)30-19-28-8-29-32(19)18(16)27-7-20(24,25)26/h2-3,8,10-12,27H,4-7H2,1H3/t10-,11+,12?. The van der Waals surface area contributed by atoms with E-state index in [9.17, 15) is 13.2 Å². The van der Waals surface area contributed by atoms with E-state index in [1.54, 1.807) is 0 Å². The zero-order chi connectivity index (χ0) is 23.5. The van der Waals surface area contributed by atoms with Gasteiger partial charge in [0.1, 0.15) is 41.2 Å². The first-order valence-electron chi connectivity index (χ1n) is 10.1. The summed E-state index contributed by atoms with van der Waals surface area (Å²) in [5, 5.41) is 5.47. The topological polar surface area (TPSA) is 67.6 Å². The molecule has 176 valence electrons. The number of ether oxygens (including phenoxy) is 1. The Labute approximate surface area is 189 Å². The van der Waals surface area contributed by atoms with Gasteiger partial charge in [0.25, 0.3) is 5.78 Å². The Balaban J connectivity index is 1.46. The van der Waals surface area contributed by atoms with E-state index in [4.69, 9.17) is 16.3 Å². The second kappa shape index (κ2) is 7.94. The van der Waals surface area contributed by atoms with Gasteiger partial charge in [-0.3, -0.25) is 0 Å². The highest BCUT2D eigenvalue weighted by atomic mass is 35.5. The molecule has 2 aromatic heterocycles. The summed E-state index contributed by atoms with van der Waals surface area (Å²) in [5.74, 6) is -1.23. The number of hydrogen-bond acceptors (Lipinski definition) is 6. The predicted molar refractivity (Wildman–Crippen MR) is 109 cm³/mol. The van der Waals surface area contributed by atoms with Gasteiger partial charge < -0.3 is 15.0 Å². The van der Waals surface area contributed by atoms with E-state index in [1.165, 1.54) is 0 Å². The van der Waals surface area contributed by atoms with Crippen molar-refractivity contribution < 1.29 is 26.7 Å². The Hall–Kier alpha value is -2.73. The lowest BCUT2D eigenvalue weighted by atomic mass is 10.1. The van der Waals surface area contributed by atoms with Crippen molar-refractivity contribution in [2.45, 2.75) is 6.18 Å². The fourth-order valence-electron chi connectivity index (χ4n) is 4.56. The summed E-state index contributed by atoms with van der Waals surface area (Å²) in [4.78, 5) is 9.90. The van der Waals surface area contributed by atoms with Crippen LogP contribution in [-0.2, 0) is 0 Å². The molecule has 1 saturated carbocycles. The first-order valence-corrected chi connectivity index (χ1v) is 10.5. The van der Waals surface area contributed by atoms with Gasteiger partial charge in [-0.1, -0.05) is 11.6 Å². The molecule has 0 spiro atoms. The largest absolute Gasteiger partial charge is 0.493 e. The Morgan fingerprint density at radius 1 is 1.15 bits per heavy atom. The molecule has 3 heterocycles. The van der Waals surface area contributed by atoms with E-state index >= 15 is 8.78 Å². The average molecular weight is 489 g/mol. The summed E-state index contributed by atoms with van der Waals surface area (Å²) in [7, 11) is 2.04. The zero-order valence-electron chi connectivity index (χ0n) is 17.2. The van der Waals surface area contributed by atoms with Crippen LogP contribution in [0.2, 0.25) is 5.15 Å². The smallest absolute Gasteiger partial charge is 0.405 e. The molecule has 13 heteroatoms. The molecular formula is C20H18ClF5N6O. The monoisotopic (exact) mass is 488 g/mol. The zero-order valence-corrected chi connectivity index (χ0v) is 18.0. The molecular weight excluding hydrogens is 471 g/mol. The fraction of sp³-hybridized carbons (Fsp3) is 0.450.